The van der Waals surface area contributed by atoms with E-state index in [0.717, 1.165) is 37.3 Å². The van der Waals surface area contributed by atoms with Crippen molar-refractivity contribution in [1.29, 1.82) is 0 Å². The monoisotopic (exact) mass is 365 g/mol. The molecule has 1 saturated heterocycles. The normalized spacial score (nSPS) is 18.1. The van der Waals surface area contributed by atoms with E-state index >= 15 is 0 Å². The van der Waals surface area contributed by atoms with Crippen LogP contribution in [0.5, 0.6) is 0 Å². The molecule has 2 heterocycles. The Kier molecular flexibility index (Phi) is 5.17. The number of piperidine rings is 1. The maximum absolute atomic E-state index is 12.3. The summed E-state index contributed by atoms with van der Waals surface area (Å²) in [5.41, 5.74) is 0.810. The molecule has 1 aliphatic heterocycles. The molecule has 1 unspecified atom stereocenters. The van der Waals surface area contributed by atoms with Crippen LogP contribution >= 0.6 is 11.3 Å². The number of anilines is 1. The highest BCUT2D eigenvalue weighted by Gasteiger charge is 2.18. The smallest absolute Gasteiger partial charge is 0.271 e. The Bertz CT molecular complexity index is 798. The van der Waals surface area contributed by atoms with E-state index in [-0.39, 0.29) is 16.2 Å². The summed E-state index contributed by atoms with van der Waals surface area (Å²) < 4.78 is 27.3. The molecule has 128 valence electrons. The van der Waals surface area contributed by atoms with Crippen LogP contribution in [0, 0.1) is 0 Å². The summed E-state index contributed by atoms with van der Waals surface area (Å²) in [5.74, 6) is -0.194. The third-order valence-corrected chi connectivity index (χ3v) is 6.55. The summed E-state index contributed by atoms with van der Waals surface area (Å²) in [6, 6.07) is 9.86. The Morgan fingerprint density at radius 2 is 2.12 bits per heavy atom. The zero-order chi connectivity index (χ0) is 17.0. The van der Waals surface area contributed by atoms with Crippen LogP contribution in [0.15, 0.2) is 46.0 Å². The van der Waals surface area contributed by atoms with Crippen LogP contribution in [0.2, 0.25) is 0 Å². The Morgan fingerprint density at radius 1 is 1.25 bits per heavy atom. The Balaban J connectivity index is 1.70. The van der Waals surface area contributed by atoms with Crippen molar-refractivity contribution in [2.75, 3.05) is 17.8 Å². The summed E-state index contributed by atoms with van der Waals surface area (Å²) in [4.78, 5) is 12.3. The Morgan fingerprint density at radius 3 is 2.83 bits per heavy atom. The molecule has 1 aromatic carbocycles. The number of sulfonamides is 1. The lowest BCUT2D eigenvalue weighted by Crippen LogP contribution is -2.45. The van der Waals surface area contributed by atoms with E-state index in [1.165, 1.54) is 0 Å². The summed E-state index contributed by atoms with van der Waals surface area (Å²) in [7, 11) is -3.61. The molecule has 0 aliphatic carbocycles. The van der Waals surface area contributed by atoms with Crippen molar-refractivity contribution in [1.82, 2.24) is 10.6 Å². The van der Waals surface area contributed by atoms with Crippen LogP contribution in [-0.2, 0) is 10.0 Å². The zero-order valence-electron chi connectivity index (χ0n) is 13.0. The number of hydrogen-bond donors (Lipinski definition) is 3. The largest absolute Gasteiger partial charge is 0.348 e. The molecule has 0 saturated carbocycles. The van der Waals surface area contributed by atoms with Crippen LogP contribution in [-0.4, -0.2) is 33.5 Å². The van der Waals surface area contributed by atoms with Crippen LogP contribution in [0.1, 0.15) is 23.2 Å². The van der Waals surface area contributed by atoms with Gasteiger partial charge in [0.1, 0.15) is 4.21 Å². The third kappa shape index (κ3) is 4.14. The number of rotatable bonds is 5. The van der Waals surface area contributed by atoms with Gasteiger partial charge in [-0.3, -0.25) is 9.52 Å². The summed E-state index contributed by atoms with van der Waals surface area (Å²) in [6.07, 6.45) is 1.98. The summed E-state index contributed by atoms with van der Waals surface area (Å²) in [6.45, 7) is 1.74. The fraction of sp³-hybridized carbons (Fsp3) is 0.312. The van der Waals surface area contributed by atoms with E-state index in [2.05, 4.69) is 15.4 Å². The number of carbonyl (C=O) groups is 1. The fourth-order valence-electron chi connectivity index (χ4n) is 2.59. The highest BCUT2D eigenvalue weighted by Crippen LogP contribution is 2.21. The fourth-order valence-corrected chi connectivity index (χ4v) is 4.63. The van der Waals surface area contributed by atoms with Crippen LogP contribution in [0.4, 0.5) is 5.69 Å². The first-order valence-electron chi connectivity index (χ1n) is 7.72. The minimum atomic E-state index is -3.61. The van der Waals surface area contributed by atoms with E-state index in [1.54, 1.807) is 41.8 Å². The minimum absolute atomic E-state index is 0.109. The highest BCUT2D eigenvalue weighted by molar-refractivity contribution is 7.94. The summed E-state index contributed by atoms with van der Waals surface area (Å²) >= 11 is 1.15. The van der Waals surface area contributed by atoms with Gasteiger partial charge in [-0.25, -0.2) is 8.42 Å². The topological polar surface area (TPSA) is 87.3 Å². The molecule has 1 fully saturated rings. The molecular weight excluding hydrogens is 346 g/mol. The van der Waals surface area contributed by atoms with Gasteiger partial charge in [0.25, 0.3) is 15.9 Å². The first-order valence-corrected chi connectivity index (χ1v) is 10.1. The molecule has 2 aromatic rings. The first-order chi connectivity index (χ1) is 11.5. The lowest BCUT2D eigenvalue weighted by Gasteiger charge is -2.23. The molecule has 1 aliphatic rings. The SMILES string of the molecule is O=C(NC1CCCNC1)c1cccc(NS(=O)(=O)c2cccs2)c1. The van der Waals surface area contributed by atoms with Gasteiger partial charge in [0.15, 0.2) is 0 Å². The van der Waals surface area contributed by atoms with Crippen molar-refractivity contribution in [3.8, 4) is 0 Å². The second-order valence-corrected chi connectivity index (χ2v) is 8.49. The average molecular weight is 365 g/mol. The number of amides is 1. The number of benzene rings is 1. The van der Waals surface area contributed by atoms with Crippen molar-refractivity contribution >= 4 is 33.0 Å². The quantitative estimate of drug-likeness (QED) is 0.757. The van der Waals surface area contributed by atoms with Gasteiger partial charge < -0.3 is 10.6 Å². The predicted octanol–water partition coefficient (Wildman–Crippen LogP) is 2.03. The summed E-state index contributed by atoms with van der Waals surface area (Å²) in [5, 5.41) is 7.93. The van der Waals surface area contributed by atoms with E-state index in [1.807, 2.05) is 0 Å². The molecule has 0 radical (unpaired) electrons. The lowest BCUT2D eigenvalue weighted by atomic mass is 10.1. The molecular formula is C16H19N3O3S2. The van der Waals surface area contributed by atoms with Gasteiger partial charge in [-0.1, -0.05) is 12.1 Å². The first kappa shape index (κ1) is 16.9. The number of nitrogens with one attached hydrogen (secondary N) is 3. The van der Waals surface area contributed by atoms with Crippen molar-refractivity contribution in [2.24, 2.45) is 0 Å². The number of thiophene rings is 1. The van der Waals surface area contributed by atoms with Crippen LogP contribution in [0.25, 0.3) is 0 Å². The van der Waals surface area contributed by atoms with Gasteiger partial charge in [0.2, 0.25) is 0 Å². The Labute approximate surface area is 145 Å². The molecule has 6 nitrogen and oxygen atoms in total. The van der Waals surface area contributed by atoms with Gasteiger partial charge in [0, 0.05) is 23.8 Å². The molecule has 24 heavy (non-hydrogen) atoms. The second kappa shape index (κ2) is 7.33. The van der Waals surface area contributed by atoms with Crippen molar-refractivity contribution in [3.63, 3.8) is 0 Å². The molecule has 3 rings (SSSR count). The minimum Gasteiger partial charge on any atom is -0.348 e. The van der Waals surface area contributed by atoms with Crippen LogP contribution in [0.3, 0.4) is 0 Å². The molecule has 0 spiro atoms. The van der Waals surface area contributed by atoms with Gasteiger partial charge >= 0.3 is 0 Å². The van der Waals surface area contributed by atoms with E-state index in [4.69, 9.17) is 0 Å². The van der Waals surface area contributed by atoms with Gasteiger partial charge in [-0.15, -0.1) is 11.3 Å². The third-order valence-electron chi connectivity index (χ3n) is 3.77. The van der Waals surface area contributed by atoms with Crippen molar-refractivity contribution in [3.05, 3.63) is 47.3 Å². The standard InChI is InChI=1S/C16H19N3O3S2/c20-16(18-14-6-2-8-17-11-14)12-4-1-5-13(10-12)19-24(21,22)15-7-3-9-23-15/h1,3-5,7,9-10,14,17,19H,2,6,8,11H2,(H,18,20). The average Bonchev–Trinajstić information content (AvgIpc) is 3.11. The van der Waals surface area contributed by atoms with Gasteiger partial charge in [0.05, 0.1) is 0 Å². The van der Waals surface area contributed by atoms with Gasteiger partial charge in [-0.2, -0.15) is 0 Å². The molecule has 1 atom stereocenters. The van der Waals surface area contributed by atoms with E-state index < -0.39 is 10.0 Å². The molecule has 0 bridgehead atoms. The Hall–Kier alpha value is -1.90. The molecule has 1 aromatic heterocycles. The van der Waals surface area contributed by atoms with Crippen LogP contribution < -0.4 is 15.4 Å². The highest BCUT2D eigenvalue weighted by atomic mass is 32.2. The molecule has 8 heteroatoms. The van der Waals surface area contributed by atoms with Crippen molar-refractivity contribution < 1.29 is 13.2 Å². The van der Waals surface area contributed by atoms with E-state index in [9.17, 15) is 13.2 Å². The van der Waals surface area contributed by atoms with Crippen molar-refractivity contribution in [2.45, 2.75) is 23.1 Å². The predicted molar refractivity (Wildman–Crippen MR) is 94.9 cm³/mol. The number of carbonyl (C=O) groups excluding carboxylic acids is 1. The number of hydrogen-bond acceptors (Lipinski definition) is 5. The zero-order valence-corrected chi connectivity index (χ0v) is 14.6. The van der Waals surface area contributed by atoms with E-state index in [0.29, 0.717) is 11.3 Å². The molecule has 3 N–H and O–H groups in total. The second-order valence-electron chi connectivity index (χ2n) is 5.64. The lowest BCUT2D eigenvalue weighted by molar-refractivity contribution is 0.0930. The maximum atomic E-state index is 12.3. The maximum Gasteiger partial charge on any atom is 0.271 e. The molecule has 1 amide bonds. The van der Waals surface area contributed by atoms with Gasteiger partial charge in [-0.05, 0) is 49.0 Å².